The quantitative estimate of drug-likeness (QED) is 0.172. The Kier molecular flexibility index (Phi) is 7.42. The van der Waals surface area contributed by atoms with Crippen LogP contribution in [-0.2, 0) is 0 Å². The molecule has 0 bridgehead atoms. The van der Waals surface area contributed by atoms with E-state index in [0.717, 1.165) is 83.6 Å². The van der Waals surface area contributed by atoms with Crippen LogP contribution in [0, 0.1) is 0 Å². The van der Waals surface area contributed by atoms with Crippen LogP contribution in [0.1, 0.15) is 0 Å². The second-order valence-electron chi connectivity index (χ2n) is 14.0. The first-order valence-electron chi connectivity index (χ1n) is 18.8. The molecule has 0 aliphatic heterocycles. The predicted molar refractivity (Wildman–Crippen MR) is 229 cm³/mol. The van der Waals surface area contributed by atoms with E-state index >= 15 is 0 Å². The van der Waals surface area contributed by atoms with Gasteiger partial charge >= 0.3 is 0 Å². The monoisotopic (exact) mass is 716 g/mol. The number of hydrogen-bond acceptors (Lipinski definition) is 4. The van der Waals surface area contributed by atoms with E-state index in [4.69, 9.17) is 19.4 Å². The third-order valence-electron chi connectivity index (χ3n) is 10.7. The molecule has 0 amide bonds. The molecule has 0 spiro atoms. The number of fused-ring (bicyclic) bond motifs is 6. The van der Waals surface area contributed by atoms with Crippen LogP contribution >= 0.6 is 0 Å². The zero-order valence-corrected chi connectivity index (χ0v) is 30.2. The molecule has 0 saturated heterocycles. The third-order valence-corrected chi connectivity index (χ3v) is 10.7. The first kappa shape index (κ1) is 31.9. The fourth-order valence-corrected chi connectivity index (χ4v) is 8.00. The Hall–Kier alpha value is -7.63. The second-order valence-corrected chi connectivity index (χ2v) is 14.0. The average Bonchev–Trinajstić information content (AvgIpc) is 3.83. The Morgan fingerprint density at radius 1 is 0.411 bits per heavy atom. The molecule has 11 rings (SSSR count). The summed E-state index contributed by atoms with van der Waals surface area (Å²) in [5.41, 5.74) is 14.6. The number of nitrogens with zero attached hydrogens (tertiary/aromatic N) is 4. The lowest BCUT2D eigenvalue weighted by atomic mass is 9.98. The van der Waals surface area contributed by atoms with E-state index < -0.39 is 0 Å². The van der Waals surface area contributed by atoms with E-state index in [1.54, 1.807) is 0 Å². The summed E-state index contributed by atoms with van der Waals surface area (Å²) >= 11 is 0. The minimum atomic E-state index is 0.664. The van der Waals surface area contributed by atoms with Gasteiger partial charge in [0.25, 0.3) is 0 Å². The summed E-state index contributed by atoms with van der Waals surface area (Å²) in [4.78, 5) is 15.2. The van der Waals surface area contributed by atoms with Gasteiger partial charge < -0.3 is 8.98 Å². The van der Waals surface area contributed by atoms with Gasteiger partial charge in [0.05, 0.1) is 22.4 Å². The van der Waals surface area contributed by atoms with Crippen LogP contribution in [0.2, 0.25) is 0 Å². The highest BCUT2D eigenvalue weighted by Crippen LogP contribution is 2.40. The Morgan fingerprint density at radius 2 is 0.964 bits per heavy atom. The second kappa shape index (κ2) is 13.0. The topological polar surface area (TPSA) is 56.7 Å². The zero-order valence-electron chi connectivity index (χ0n) is 30.2. The van der Waals surface area contributed by atoms with Gasteiger partial charge in [0.2, 0.25) is 0 Å². The summed E-state index contributed by atoms with van der Waals surface area (Å²) in [6.45, 7) is 0. The van der Waals surface area contributed by atoms with Crippen molar-refractivity contribution in [1.82, 2.24) is 19.5 Å². The van der Waals surface area contributed by atoms with Crippen LogP contribution in [0.4, 0.5) is 0 Å². The fraction of sp³-hybridized carbons (Fsp3) is 0. The maximum atomic E-state index is 6.56. The highest BCUT2D eigenvalue weighted by Gasteiger charge is 2.19. The van der Waals surface area contributed by atoms with E-state index in [1.165, 1.54) is 16.3 Å². The summed E-state index contributed by atoms with van der Waals surface area (Å²) in [6, 6.07) is 65.5. The molecule has 0 saturated carbocycles. The van der Waals surface area contributed by atoms with Crippen molar-refractivity contribution >= 4 is 43.9 Å². The first-order valence-corrected chi connectivity index (χ1v) is 18.8. The lowest BCUT2D eigenvalue weighted by Crippen LogP contribution is -1.99. The normalized spacial score (nSPS) is 11.6. The standard InChI is InChI=1S/C51H32N4O/c1-3-13-33(14-4-1)34-23-25-35(26-24-34)44-32-45(54-51(53-44)36-15-5-2-6-16-36)38-29-37(40-27-28-52-49-43-19-9-12-22-48(43)56-50(40)49)30-39(31-38)55-46-20-10-7-17-41(46)42-18-8-11-21-47(42)55/h1-32H. The maximum Gasteiger partial charge on any atom is 0.161 e. The molecule has 0 radical (unpaired) electrons. The summed E-state index contributed by atoms with van der Waals surface area (Å²) in [5, 5.41) is 3.40. The van der Waals surface area contributed by atoms with Crippen LogP contribution in [0.15, 0.2) is 199 Å². The summed E-state index contributed by atoms with van der Waals surface area (Å²) in [6.07, 6.45) is 1.88. The molecule has 0 aliphatic rings. The largest absolute Gasteiger partial charge is 0.454 e. The molecule has 11 aromatic rings. The molecule has 0 unspecified atom stereocenters. The highest BCUT2D eigenvalue weighted by molar-refractivity contribution is 6.10. The number of para-hydroxylation sites is 3. The van der Waals surface area contributed by atoms with Gasteiger partial charge in [-0.15, -0.1) is 0 Å². The van der Waals surface area contributed by atoms with Gasteiger partial charge in [-0.25, -0.2) is 9.97 Å². The van der Waals surface area contributed by atoms with E-state index in [2.05, 4.69) is 150 Å². The van der Waals surface area contributed by atoms with Crippen LogP contribution in [0.5, 0.6) is 0 Å². The number of hydrogen-bond donors (Lipinski definition) is 0. The van der Waals surface area contributed by atoms with Crippen LogP contribution in [0.3, 0.4) is 0 Å². The highest BCUT2D eigenvalue weighted by atomic mass is 16.3. The van der Waals surface area contributed by atoms with Gasteiger partial charge in [-0.1, -0.05) is 133 Å². The first-order chi connectivity index (χ1) is 27.7. The number of pyridine rings is 1. The van der Waals surface area contributed by atoms with Gasteiger partial charge in [0.1, 0.15) is 11.1 Å². The molecule has 4 aromatic heterocycles. The molecule has 56 heavy (non-hydrogen) atoms. The van der Waals surface area contributed by atoms with Crippen molar-refractivity contribution in [2.24, 2.45) is 0 Å². The molecular formula is C51H32N4O. The molecule has 7 aromatic carbocycles. The van der Waals surface area contributed by atoms with E-state index in [0.29, 0.717) is 5.82 Å². The van der Waals surface area contributed by atoms with Gasteiger partial charge in [-0.3, -0.25) is 4.98 Å². The van der Waals surface area contributed by atoms with Crippen LogP contribution in [0.25, 0.3) is 106 Å². The number of benzene rings is 7. The van der Waals surface area contributed by atoms with Crippen molar-refractivity contribution in [2.75, 3.05) is 0 Å². The van der Waals surface area contributed by atoms with Crippen molar-refractivity contribution in [3.63, 3.8) is 0 Å². The molecule has 0 aliphatic carbocycles. The minimum absolute atomic E-state index is 0.664. The predicted octanol–water partition coefficient (Wildman–Crippen LogP) is 13.2. The number of furan rings is 1. The molecule has 262 valence electrons. The third kappa shape index (κ3) is 5.37. The van der Waals surface area contributed by atoms with E-state index in [-0.39, 0.29) is 0 Å². The van der Waals surface area contributed by atoms with Crippen molar-refractivity contribution in [3.05, 3.63) is 194 Å². The summed E-state index contributed by atoms with van der Waals surface area (Å²) in [7, 11) is 0. The number of rotatable bonds is 6. The Labute approximate surface area is 322 Å². The molecular weight excluding hydrogens is 685 g/mol. The minimum Gasteiger partial charge on any atom is -0.454 e. The van der Waals surface area contributed by atoms with Gasteiger partial charge in [0, 0.05) is 50.3 Å². The Bertz CT molecular complexity index is 3180. The van der Waals surface area contributed by atoms with Crippen molar-refractivity contribution in [1.29, 1.82) is 0 Å². The molecule has 0 fully saturated rings. The van der Waals surface area contributed by atoms with Crippen molar-refractivity contribution in [2.45, 2.75) is 0 Å². The molecule has 5 heteroatoms. The SMILES string of the molecule is c1ccc(-c2ccc(-c3cc(-c4cc(-c5ccnc6c5oc5ccccc56)cc(-n5c6ccccc6c6ccccc65)c4)nc(-c4ccccc4)n3)cc2)cc1. The smallest absolute Gasteiger partial charge is 0.161 e. The molecule has 0 N–H and O–H groups in total. The number of aromatic nitrogens is 4. The lowest BCUT2D eigenvalue weighted by Gasteiger charge is -2.15. The lowest BCUT2D eigenvalue weighted by molar-refractivity contribution is 0.669. The molecule has 4 heterocycles. The van der Waals surface area contributed by atoms with Gasteiger partial charge in [0.15, 0.2) is 11.4 Å². The van der Waals surface area contributed by atoms with Crippen LogP contribution < -0.4 is 0 Å². The Balaban J connectivity index is 1.17. The van der Waals surface area contributed by atoms with Crippen LogP contribution in [-0.4, -0.2) is 19.5 Å². The van der Waals surface area contributed by atoms with Gasteiger partial charge in [-0.2, -0.15) is 0 Å². The van der Waals surface area contributed by atoms with E-state index in [9.17, 15) is 0 Å². The average molecular weight is 717 g/mol. The van der Waals surface area contributed by atoms with Crippen molar-refractivity contribution in [3.8, 4) is 61.8 Å². The fourth-order valence-electron chi connectivity index (χ4n) is 8.00. The Morgan fingerprint density at radius 3 is 1.68 bits per heavy atom. The molecule has 5 nitrogen and oxygen atoms in total. The molecule has 0 atom stereocenters. The zero-order chi connectivity index (χ0) is 37.0. The summed E-state index contributed by atoms with van der Waals surface area (Å²) in [5.74, 6) is 0.664. The van der Waals surface area contributed by atoms with Gasteiger partial charge in [-0.05, 0) is 71.3 Å². The van der Waals surface area contributed by atoms with E-state index in [1.807, 2.05) is 48.7 Å². The summed E-state index contributed by atoms with van der Waals surface area (Å²) < 4.78 is 8.91. The van der Waals surface area contributed by atoms with Crippen molar-refractivity contribution < 1.29 is 4.42 Å². The maximum absolute atomic E-state index is 6.56.